The molecule has 0 atom stereocenters. The van der Waals surface area contributed by atoms with E-state index in [1.54, 1.807) is 54.5 Å². The molecule has 1 aliphatic rings. The normalized spacial score (nSPS) is 13.2. The fourth-order valence-corrected chi connectivity index (χ4v) is 4.44. The topological polar surface area (TPSA) is 73.2 Å². The van der Waals surface area contributed by atoms with Crippen LogP contribution in [0.15, 0.2) is 73.2 Å². The first-order chi connectivity index (χ1) is 15.6. The minimum atomic E-state index is -0.103. The number of hydrogen-bond acceptors (Lipinski definition) is 4. The number of pyridine rings is 1. The largest absolute Gasteiger partial charge is 0.497 e. The maximum Gasteiger partial charge on any atom is 0.240 e. The van der Waals surface area contributed by atoms with Crippen LogP contribution in [0, 0.1) is 0 Å². The van der Waals surface area contributed by atoms with Gasteiger partial charge in [0.05, 0.1) is 18.8 Å². The summed E-state index contributed by atoms with van der Waals surface area (Å²) in [7, 11) is 1.59. The number of rotatable bonds is 6. The number of amides is 1. The van der Waals surface area contributed by atoms with E-state index in [4.69, 9.17) is 4.74 Å². The summed E-state index contributed by atoms with van der Waals surface area (Å²) in [6.07, 6.45) is 6.79. The molecule has 160 valence electrons. The van der Waals surface area contributed by atoms with E-state index in [1.165, 1.54) is 11.1 Å². The van der Waals surface area contributed by atoms with E-state index in [0.717, 1.165) is 23.7 Å². The van der Waals surface area contributed by atoms with Gasteiger partial charge in [0.15, 0.2) is 5.78 Å². The fraction of sp³-hybridized carbons (Fsp3) is 0.192. The number of ether oxygens (including phenoxy) is 1. The molecule has 32 heavy (non-hydrogen) atoms. The molecule has 0 saturated heterocycles. The Morgan fingerprint density at radius 1 is 1.06 bits per heavy atom. The number of aromatic nitrogens is 2. The van der Waals surface area contributed by atoms with Gasteiger partial charge in [0.1, 0.15) is 12.3 Å². The molecule has 6 heteroatoms. The highest BCUT2D eigenvalue weighted by atomic mass is 16.5. The van der Waals surface area contributed by atoms with Crippen molar-refractivity contribution in [3.8, 4) is 5.75 Å². The molecule has 0 unspecified atom stereocenters. The summed E-state index contributed by atoms with van der Waals surface area (Å²) in [4.78, 5) is 30.2. The summed E-state index contributed by atoms with van der Waals surface area (Å²) in [6.45, 7) is 0.130. The molecule has 5 rings (SSSR count). The molecule has 1 N–H and O–H groups in total. The molecule has 0 fully saturated rings. The predicted molar refractivity (Wildman–Crippen MR) is 122 cm³/mol. The number of ketones is 1. The lowest BCUT2D eigenvalue weighted by Gasteiger charge is -2.13. The number of benzene rings is 2. The third-order valence-electron chi connectivity index (χ3n) is 6.01. The van der Waals surface area contributed by atoms with Gasteiger partial charge >= 0.3 is 0 Å². The van der Waals surface area contributed by atoms with Gasteiger partial charge in [0.25, 0.3) is 0 Å². The SMILES string of the molecule is COc1ccc(C(=O)c2cn(CC(=O)NC3Cc4ccccc4C3)c3cnccc23)cc1. The third kappa shape index (κ3) is 3.75. The zero-order valence-corrected chi connectivity index (χ0v) is 17.7. The van der Waals surface area contributed by atoms with E-state index < -0.39 is 0 Å². The van der Waals surface area contributed by atoms with E-state index in [2.05, 4.69) is 22.4 Å². The molecule has 0 aliphatic heterocycles. The summed E-state index contributed by atoms with van der Waals surface area (Å²) in [5.41, 5.74) is 4.46. The maximum absolute atomic E-state index is 13.2. The molecule has 2 aromatic heterocycles. The number of fused-ring (bicyclic) bond motifs is 2. The van der Waals surface area contributed by atoms with Gasteiger partial charge < -0.3 is 14.6 Å². The smallest absolute Gasteiger partial charge is 0.240 e. The van der Waals surface area contributed by atoms with Crippen molar-refractivity contribution in [1.29, 1.82) is 0 Å². The first kappa shape index (κ1) is 20.0. The monoisotopic (exact) mass is 425 g/mol. The molecule has 0 saturated carbocycles. The summed E-state index contributed by atoms with van der Waals surface area (Å²) < 4.78 is 6.98. The van der Waals surface area contributed by atoms with Gasteiger partial charge in [-0.3, -0.25) is 14.6 Å². The van der Waals surface area contributed by atoms with Gasteiger partial charge in [-0.05, 0) is 54.3 Å². The molecular formula is C26H23N3O3. The third-order valence-corrected chi connectivity index (χ3v) is 6.01. The van der Waals surface area contributed by atoms with Crippen LogP contribution in [0.5, 0.6) is 5.75 Å². The van der Waals surface area contributed by atoms with E-state index in [0.29, 0.717) is 16.9 Å². The molecular weight excluding hydrogens is 402 g/mol. The molecule has 2 aromatic carbocycles. The average Bonchev–Trinajstić information content (AvgIpc) is 3.39. The summed E-state index contributed by atoms with van der Waals surface area (Å²) in [6, 6.07) is 17.2. The minimum absolute atomic E-state index is 0.0768. The van der Waals surface area contributed by atoms with Crippen molar-refractivity contribution < 1.29 is 14.3 Å². The Bertz CT molecular complexity index is 1280. The van der Waals surface area contributed by atoms with Crippen LogP contribution in [0.1, 0.15) is 27.0 Å². The van der Waals surface area contributed by atoms with Crippen LogP contribution in [0.4, 0.5) is 0 Å². The van der Waals surface area contributed by atoms with Crippen molar-refractivity contribution >= 4 is 22.6 Å². The Morgan fingerprint density at radius 3 is 2.47 bits per heavy atom. The van der Waals surface area contributed by atoms with Crippen LogP contribution in [0.2, 0.25) is 0 Å². The highest BCUT2D eigenvalue weighted by molar-refractivity contribution is 6.16. The van der Waals surface area contributed by atoms with Crippen LogP contribution < -0.4 is 10.1 Å². The summed E-state index contributed by atoms with van der Waals surface area (Å²) in [5, 5.41) is 3.92. The van der Waals surface area contributed by atoms with E-state index in [9.17, 15) is 9.59 Å². The first-order valence-corrected chi connectivity index (χ1v) is 10.6. The fourth-order valence-electron chi connectivity index (χ4n) is 4.44. The Hall–Kier alpha value is -3.93. The molecule has 6 nitrogen and oxygen atoms in total. The lowest BCUT2D eigenvalue weighted by atomic mass is 10.0. The molecule has 1 aliphatic carbocycles. The second-order valence-corrected chi connectivity index (χ2v) is 8.06. The van der Waals surface area contributed by atoms with Crippen molar-refractivity contribution in [1.82, 2.24) is 14.9 Å². The Labute approximate surface area is 185 Å². The van der Waals surface area contributed by atoms with E-state index >= 15 is 0 Å². The Balaban J connectivity index is 1.36. The second-order valence-electron chi connectivity index (χ2n) is 8.06. The minimum Gasteiger partial charge on any atom is -0.497 e. The van der Waals surface area contributed by atoms with Crippen LogP contribution in [0.3, 0.4) is 0 Å². The summed E-state index contributed by atoms with van der Waals surface area (Å²) in [5.74, 6) is 0.514. The van der Waals surface area contributed by atoms with E-state index in [-0.39, 0.29) is 24.3 Å². The maximum atomic E-state index is 13.2. The number of nitrogens with zero attached hydrogens (tertiary/aromatic N) is 2. The number of carbonyl (C=O) groups excluding carboxylic acids is 2. The zero-order valence-electron chi connectivity index (χ0n) is 17.7. The van der Waals surface area contributed by atoms with Gasteiger partial charge in [0, 0.05) is 34.9 Å². The van der Waals surface area contributed by atoms with Crippen LogP contribution >= 0.6 is 0 Å². The number of carbonyl (C=O) groups is 2. The van der Waals surface area contributed by atoms with Crippen molar-refractivity contribution in [2.75, 3.05) is 7.11 Å². The standard InChI is InChI=1S/C26H23N3O3/c1-32-21-8-6-17(7-9-21)26(31)23-15-29(24-14-27-11-10-22(23)24)16-25(30)28-20-12-18-4-2-3-5-19(18)13-20/h2-11,14-15,20H,12-13,16H2,1H3,(H,28,30). The molecule has 1 amide bonds. The Kier molecular flexibility index (Phi) is 5.19. The van der Waals surface area contributed by atoms with Crippen molar-refractivity contribution in [3.63, 3.8) is 0 Å². The molecule has 4 aromatic rings. The highest BCUT2D eigenvalue weighted by Gasteiger charge is 2.23. The average molecular weight is 425 g/mol. The van der Waals surface area contributed by atoms with Crippen LogP contribution in [-0.2, 0) is 24.2 Å². The van der Waals surface area contributed by atoms with Crippen molar-refractivity contribution in [2.45, 2.75) is 25.4 Å². The van der Waals surface area contributed by atoms with Gasteiger partial charge in [-0.1, -0.05) is 24.3 Å². The van der Waals surface area contributed by atoms with Gasteiger partial charge in [-0.25, -0.2) is 0 Å². The van der Waals surface area contributed by atoms with Crippen molar-refractivity contribution in [2.24, 2.45) is 0 Å². The quantitative estimate of drug-likeness (QED) is 0.480. The lowest BCUT2D eigenvalue weighted by Crippen LogP contribution is -2.37. The summed E-state index contributed by atoms with van der Waals surface area (Å²) >= 11 is 0. The molecule has 0 spiro atoms. The molecule has 0 bridgehead atoms. The predicted octanol–water partition coefficient (Wildman–Crippen LogP) is 3.56. The molecule has 2 heterocycles. The lowest BCUT2D eigenvalue weighted by molar-refractivity contribution is -0.122. The van der Waals surface area contributed by atoms with Crippen LogP contribution in [-0.4, -0.2) is 34.4 Å². The number of hydrogen-bond donors (Lipinski definition) is 1. The highest BCUT2D eigenvalue weighted by Crippen LogP contribution is 2.25. The zero-order chi connectivity index (χ0) is 22.1. The number of methoxy groups -OCH3 is 1. The molecule has 0 radical (unpaired) electrons. The second kappa shape index (κ2) is 8.30. The Morgan fingerprint density at radius 2 is 1.78 bits per heavy atom. The van der Waals surface area contributed by atoms with Gasteiger partial charge in [0.2, 0.25) is 5.91 Å². The number of nitrogens with one attached hydrogen (secondary N) is 1. The van der Waals surface area contributed by atoms with Crippen molar-refractivity contribution in [3.05, 3.63) is 95.4 Å². The van der Waals surface area contributed by atoms with Gasteiger partial charge in [-0.15, -0.1) is 0 Å². The first-order valence-electron chi connectivity index (χ1n) is 10.6. The van der Waals surface area contributed by atoms with Crippen LogP contribution in [0.25, 0.3) is 10.9 Å². The van der Waals surface area contributed by atoms with E-state index in [1.807, 2.05) is 18.2 Å². The van der Waals surface area contributed by atoms with Gasteiger partial charge in [-0.2, -0.15) is 0 Å².